The Balaban J connectivity index is 1.53. The fourth-order valence-corrected chi connectivity index (χ4v) is 6.66. The number of nitrogen functional groups attached to an aromatic ring is 1. The van der Waals surface area contributed by atoms with Crippen molar-refractivity contribution in [3.05, 3.63) is 22.3 Å². The minimum atomic E-state index is -1.08. The van der Waals surface area contributed by atoms with Gasteiger partial charge in [0, 0.05) is 30.5 Å². The zero-order valence-corrected chi connectivity index (χ0v) is 27.2. The predicted molar refractivity (Wildman–Crippen MR) is 161 cm³/mol. The predicted octanol–water partition coefficient (Wildman–Crippen LogP) is 0.235. The van der Waals surface area contributed by atoms with Gasteiger partial charge in [-0.15, -0.1) is 28.2 Å². The van der Waals surface area contributed by atoms with Crippen molar-refractivity contribution in [2.45, 2.75) is 44.3 Å². The zero-order valence-electron chi connectivity index (χ0n) is 24.8. The summed E-state index contributed by atoms with van der Waals surface area (Å²) in [6.45, 7) is 6.23. The Morgan fingerprint density at radius 2 is 2.00 bits per heavy atom. The van der Waals surface area contributed by atoms with Crippen LogP contribution in [0.1, 0.15) is 33.4 Å². The van der Waals surface area contributed by atoms with Gasteiger partial charge in [-0.05, 0) is 43.7 Å². The third kappa shape index (κ3) is 7.89. The second-order valence-electron chi connectivity index (χ2n) is 10.3. The summed E-state index contributed by atoms with van der Waals surface area (Å²) in [6.07, 6.45) is -0.899. The number of nitrogens with two attached hydrogens (primary N) is 1. The van der Waals surface area contributed by atoms with Crippen LogP contribution < -0.4 is 16.4 Å². The maximum atomic E-state index is 13.5. The molecule has 0 radical (unpaired) electrons. The van der Waals surface area contributed by atoms with E-state index >= 15 is 0 Å². The molecule has 0 bridgehead atoms. The molecule has 2 aliphatic rings. The van der Waals surface area contributed by atoms with E-state index in [0.29, 0.717) is 10.7 Å². The minimum absolute atomic E-state index is 0.0331. The number of fused-ring (bicyclic) bond motifs is 1. The molecule has 18 nitrogen and oxygen atoms in total. The summed E-state index contributed by atoms with van der Waals surface area (Å²) in [4.78, 5) is 74.1. The van der Waals surface area contributed by atoms with Gasteiger partial charge in [0.1, 0.15) is 22.8 Å². The van der Waals surface area contributed by atoms with Gasteiger partial charge >= 0.3 is 18.0 Å². The molecule has 0 spiro atoms. The van der Waals surface area contributed by atoms with Crippen LogP contribution in [0.15, 0.2) is 27.0 Å². The van der Waals surface area contributed by atoms with Crippen LogP contribution in [-0.4, -0.2) is 102 Å². The lowest BCUT2D eigenvalue weighted by atomic mass is 9.98. The lowest BCUT2D eigenvalue weighted by molar-refractivity contribution is -0.173. The molecule has 1 saturated heterocycles. The van der Waals surface area contributed by atoms with E-state index in [0.717, 1.165) is 11.3 Å². The van der Waals surface area contributed by atoms with Gasteiger partial charge in [0.15, 0.2) is 10.8 Å². The summed E-state index contributed by atoms with van der Waals surface area (Å²) < 4.78 is 11.8. The van der Waals surface area contributed by atoms with Gasteiger partial charge in [-0.3, -0.25) is 24.1 Å². The van der Waals surface area contributed by atoms with Gasteiger partial charge in [0.2, 0.25) is 11.9 Å². The number of esters is 2. The van der Waals surface area contributed by atoms with Crippen molar-refractivity contribution in [2.24, 2.45) is 17.6 Å². The van der Waals surface area contributed by atoms with E-state index in [1.54, 1.807) is 34.7 Å². The third-order valence-corrected chi connectivity index (χ3v) is 9.11. The highest BCUT2D eigenvalue weighted by molar-refractivity contribution is 8.01. The normalized spacial score (nSPS) is 18.1. The van der Waals surface area contributed by atoms with Gasteiger partial charge in [0.25, 0.3) is 11.8 Å². The van der Waals surface area contributed by atoms with E-state index in [-0.39, 0.29) is 40.3 Å². The van der Waals surface area contributed by atoms with Crippen molar-refractivity contribution in [1.29, 1.82) is 0 Å². The number of nitrogens with zero attached hydrogens (tertiary/aromatic N) is 7. The van der Waals surface area contributed by atoms with E-state index in [9.17, 15) is 24.0 Å². The Bertz CT molecular complexity index is 1550. The number of carbonyl (C=O) groups excluding carboxylic acids is 5. The number of aromatic nitrogens is 5. The Morgan fingerprint density at radius 1 is 1.24 bits per heavy atom. The number of hydrogen-bond donors (Lipinski definition) is 3. The number of β-lactam (4-membered cyclic amide) rings is 1. The van der Waals surface area contributed by atoms with Crippen LogP contribution in [0.3, 0.4) is 0 Å². The SMILES string of the molecule is CCNC(=O)ON=C(C(=O)NC1C(=O)N2C(C(=O)OCOC(=O)C(C)(C)C)=C(CSc3nnnn3C)CS[C@@H]12)c1csc(N)n1. The number of rotatable bonds is 11. The highest BCUT2D eigenvalue weighted by Gasteiger charge is 2.54. The number of anilines is 1. The molecule has 2 atom stereocenters. The van der Waals surface area contributed by atoms with Crippen molar-refractivity contribution in [3.8, 4) is 0 Å². The lowest BCUT2D eigenvalue weighted by Crippen LogP contribution is -2.71. The van der Waals surface area contributed by atoms with Crippen LogP contribution in [0.5, 0.6) is 0 Å². The summed E-state index contributed by atoms with van der Waals surface area (Å²) in [5.41, 5.74) is 5.05. The summed E-state index contributed by atoms with van der Waals surface area (Å²) >= 11 is 3.58. The fourth-order valence-electron chi connectivity index (χ4n) is 3.77. The van der Waals surface area contributed by atoms with Crippen molar-refractivity contribution >= 4 is 75.6 Å². The molecule has 3 amide bonds. The number of amides is 3. The number of aryl methyl sites for hydroxylation is 1. The molecule has 21 heteroatoms. The first kappa shape index (κ1) is 33.6. The smallest absolute Gasteiger partial charge is 0.427 e. The molecule has 1 fully saturated rings. The third-order valence-electron chi connectivity index (χ3n) is 6.00. The van der Waals surface area contributed by atoms with Gasteiger partial charge in [-0.25, -0.2) is 19.3 Å². The Kier molecular flexibility index (Phi) is 10.7. The van der Waals surface area contributed by atoms with Crippen molar-refractivity contribution in [3.63, 3.8) is 0 Å². The highest BCUT2D eigenvalue weighted by Crippen LogP contribution is 2.42. The number of hydrogen-bond acceptors (Lipinski definition) is 17. The van der Waals surface area contributed by atoms with Crippen LogP contribution in [-0.2, 0) is 40.5 Å². The van der Waals surface area contributed by atoms with Crippen molar-refractivity contribution in [1.82, 2.24) is 40.7 Å². The number of nitrogens with one attached hydrogen (secondary N) is 2. The van der Waals surface area contributed by atoms with Crippen LogP contribution in [0, 0.1) is 5.41 Å². The quantitative estimate of drug-likeness (QED) is 0.0547. The molecular formula is C24H30N10O8S3. The van der Waals surface area contributed by atoms with E-state index in [4.69, 9.17) is 20.0 Å². The van der Waals surface area contributed by atoms with Gasteiger partial charge in [-0.2, -0.15) is 0 Å². The maximum Gasteiger partial charge on any atom is 0.433 e. The van der Waals surface area contributed by atoms with Crippen molar-refractivity contribution in [2.75, 3.05) is 30.6 Å². The Labute approximate surface area is 268 Å². The largest absolute Gasteiger partial charge is 0.433 e. The Morgan fingerprint density at radius 3 is 2.62 bits per heavy atom. The summed E-state index contributed by atoms with van der Waals surface area (Å²) in [5.74, 6) is -2.41. The first-order valence-electron chi connectivity index (χ1n) is 13.2. The van der Waals surface area contributed by atoms with Crippen LogP contribution in [0.25, 0.3) is 0 Å². The second kappa shape index (κ2) is 14.2. The number of carbonyl (C=O) groups is 5. The standard InChI is InChI=1S/C24H30N10O8S3/c1-6-26-23(39)42-30-13(12-9-44-21(25)27-12)16(35)28-14-17(36)34-15(19(37)40-10-41-20(38)24(2,3)4)11(7-43-18(14)34)8-45-22-29-31-32-33(22)5/h9,14,18H,6-8,10H2,1-5H3,(H2,25,27)(H,26,39)(H,28,35)/t14?,18-/m0/s1. The van der Waals surface area contributed by atoms with Gasteiger partial charge in [0.05, 0.1) is 5.41 Å². The van der Waals surface area contributed by atoms with Crippen LogP contribution in [0.4, 0.5) is 9.93 Å². The Hall–Kier alpha value is -4.24. The molecule has 2 aliphatic heterocycles. The molecule has 2 aromatic heterocycles. The number of oxime groups is 1. The number of ether oxygens (including phenoxy) is 2. The first-order chi connectivity index (χ1) is 21.3. The lowest BCUT2D eigenvalue weighted by Gasteiger charge is -2.49. The molecule has 45 heavy (non-hydrogen) atoms. The second-order valence-corrected chi connectivity index (χ2v) is 13.3. The molecule has 0 aromatic carbocycles. The van der Waals surface area contributed by atoms with E-state index in [1.165, 1.54) is 38.5 Å². The topological polar surface area (TPSA) is 235 Å². The number of thiazole rings is 1. The van der Waals surface area contributed by atoms with Gasteiger partial charge < -0.3 is 25.8 Å². The fraction of sp³-hybridized carbons (Fsp3) is 0.500. The molecule has 1 unspecified atom stereocenters. The molecule has 242 valence electrons. The zero-order chi connectivity index (χ0) is 32.9. The molecule has 0 aliphatic carbocycles. The van der Waals surface area contributed by atoms with Crippen LogP contribution >= 0.6 is 34.9 Å². The molecule has 2 aromatic rings. The highest BCUT2D eigenvalue weighted by atomic mass is 32.2. The first-order valence-corrected chi connectivity index (χ1v) is 16.1. The van der Waals surface area contributed by atoms with E-state index in [1.807, 2.05) is 0 Å². The summed E-state index contributed by atoms with van der Waals surface area (Å²) in [6, 6.07) is -1.08. The maximum absolute atomic E-state index is 13.5. The molecule has 4 N–H and O–H groups in total. The molecule has 4 rings (SSSR count). The van der Waals surface area contributed by atoms with E-state index in [2.05, 4.69) is 36.3 Å². The molecular weight excluding hydrogens is 653 g/mol. The molecule has 0 saturated carbocycles. The average Bonchev–Trinajstić information content (AvgIpc) is 3.60. The summed E-state index contributed by atoms with van der Waals surface area (Å²) in [7, 11) is 1.66. The van der Waals surface area contributed by atoms with Crippen molar-refractivity contribution < 1.29 is 38.3 Å². The average molecular weight is 683 g/mol. The number of tetrazole rings is 1. The molecule has 4 heterocycles. The van der Waals surface area contributed by atoms with E-state index < -0.39 is 53.5 Å². The minimum Gasteiger partial charge on any atom is -0.427 e. The van der Waals surface area contributed by atoms with Gasteiger partial charge in [-0.1, -0.05) is 16.9 Å². The van der Waals surface area contributed by atoms with Crippen LogP contribution in [0.2, 0.25) is 0 Å². The number of thioether (sulfide) groups is 2. The summed E-state index contributed by atoms with van der Waals surface area (Å²) in [5, 5.41) is 21.3. The monoisotopic (exact) mass is 682 g/mol.